The highest BCUT2D eigenvalue weighted by atomic mass is 16.5. The molecule has 6 rings (SSSR count). The van der Waals surface area contributed by atoms with Gasteiger partial charge in [-0.05, 0) is 63.0 Å². The zero-order valence-electron chi connectivity index (χ0n) is 29.5. The number of nitrogens with zero attached hydrogens (tertiary/aromatic N) is 3. The number of pyridine rings is 1. The summed E-state index contributed by atoms with van der Waals surface area (Å²) in [5, 5.41) is 9.92. The van der Waals surface area contributed by atoms with Crippen LogP contribution < -0.4 is 9.47 Å². The van der Waals surface area contributed by atoms with Gasteiger partial charge in [0.05, 0.1) is 36.8 Å². The van der Waals surface area contributed by atoms with Gasteiger partial charge in [-0.25, -0.2) is 4.98 Å². The van der Waals surface area contributed by atoms with Crippen LogP contribution in [-0.2, 0) is 19.2 Å². The van der Waals surface area contributed by atoms with Gasteiger partial charge in [-0.15, -0.1) is 0 Å². The van der Waals surface area contributed by atoms with E-state index < -0.39 is 24.0 Å². The van der Waals surface area contributed by atoms with Crippen molar-refractivity contribution in [2.24, 2.45) is 17.8 Å². The lowest BCUT2D eigenvalue weighted by molar-refractivity contribution is -0.143. The number of rotatable bonds is 16. The zero-order valence-corrected chi connectivity index (χ0v) is 29.5. The third-order valence-electron chi connectivity index (χ3n) is 10.5. The van der Waals surface area contributed by atoms with E-state index >= 15 is 0 Å². The summed E-state index contributed by atoms with van der Waals surface area (Å²) in [7, 11) is 1.61. The van der Waals surface area contributed by atoms with E-state index in [1.54, 1.807) is 12.0 Å². The number of carbonyl (C=O) groups is 4. The molecule has 10 nitrogen and oxygen atoms in total. The van der Waals surface area contributed by atoms with E-state index in [1.165, 1.54) is 0 Å². The summed E-state index contributed by atoms with van der Waals surface area (Å²) in [6.07, 6.45) is 12.8. The zero-order chi connectivity index (χ0) is 35.7. The van der Waals surface area contributed by atoms with Gasteiger partial charge in [-0.1, -0.05) is 55.3 Å². The van der Waals surface area contributed by atoms with Gasteiger partial charge < -0.3 is 29.2 Å². The summed E-state index contributed by atoms with van der Waals surface area (Å²) in [6.45, 7) is 1.70. The molecule has 1 N–H and O–H groups in total. The molecule has 3 heterocycles. The summed E-state index contributed by atoms with van der Waals surface area (Å²) < 4.78 is 12.1. The number of carboxylic acid groups (broad SMARTS) is 1. The Morgan fingerprint density at radius 1 is 1.00 bits per heavy atom. The molecule has 2 aromatic carbocycles. The fraction of sp³-hybridized carbons (Fsp3) is 0.488. The number of aromatic nitrogens is 1. The van der Waals surface area contributed by atoms with Gasteiger partial charge in [-0.3, -0.25) is 14.4 Å². The molecule has 5 atom stereocenters. The van der Waals surface area contributed by atoms with Crippen molar-refractivity contribution in [1.82, 2.24) is 14.8 Å². The minimum absolute atomic E-state index is 0.00942. The van der Waals surface area contributed by atoms with Crippen LogP contribution in [-0.4, -0.2) is 82.9 Å². The number of ether oxygens (including phenoxy) is 2. The number of carbonyl (C=O) groups excluding carboxylic acids is 3. The van der Waals surface area contributed by atoms with Crippen LogP contribution in [0.5, 0.6) is 11.5 Å². The Bertz CT molecular complexity index is 1720. The molecule has 270 valence electrons. The molecule has 2 aliphatic heterocycles. The normalized spacial score (nSPS) is 22.2. The molecule has 1 saturated carbocycles. The standard InChI is InChI=1S/C41H49N3O7/c1-50-32-17-18-34-37(24-32)42-36(28-13-9-5-10-14-28)25-38(34)51-33-23-31(27-45)44(26-33)40(47)30(22-39(46)43-19-11-6-12-20-43)16-8-4-2-3-7-15-29-21-35(29)41(48)49/h5,7,9-10,13-15,17-18,24-25,27,29-31,33,35H,2-4,6,8,11-12,16,19-23,26H2,1H3,(H,48,49)/b15-7-/t29-,30-,31+,33-,35+/m1/s1. The molecule has 51 heavy (non-hydrogen) atoms. The maximum absolute atomic E-state index is 14.2. The number of methoxy groups -OCH3 is 1. The van der Waals surface area contributed by atoms with Crippen molar-refractivity contribution in [3.8, 4) is 22.8 Å². The summed E-state index contributed by atoms with van der Waals surface area (Å²) in [5.74, 6) is -0.183. The predicted molar refractivity (Wildman–Crippen MR) is 194 cm³/mol. The third-order valence-corrected chi connectivity index (χ3v) is 10.5. The number of hydrogen-bond donors (Lipinski definition) is 1. The van der Waals surface area contributed by atoms with Crippen LogP contribution in [0.4, 0.5) is 0 Å². The van der Waals surface area contributed by atoms with Crippen molar-refractivity contribution < 1.29 is 33.8 Å². The smallest absolute Gasteiger partial charge is 0.307 e. The SMILES string of the molecule is COc1ccc2c(O[C@@H]3C[C@@H](C=O)N(C(=O)[C@H](CCCCC/C=C\[C@@H]4C[C@@H]4C(=O)O)CC(=O)N4CCCCC4)C3)cc(-c3ccccc3)nc2c1. The molecule has 0 bridgehead atoms. The number of unbranched alkanes of at least 4 members (excludes halogenated alkanes) is 3. The van der Waals surface area contributed by atoms with Gasteiger partial charge in [0.15, 0.2) is 0 Å². The van der Waals surface area contributed by atoms with Crippen LogP contribution in [0.3, 0.4) is 0 Å². The average Bonchev–Trinajstić information content (AvgIpc) is 3.84. The Hall–Kier alpha value is -4.73. The van der Waals surface area contributed by atoms with Crippen molar-refractivity contribution in [3.05, 3.63) is 66.7 Å². The third kappa shape index (κ3) is 9.15. The average molecular weight is 696 g/mol. The lowest BCUT2D eigenvalue weighted by Gasteiger charge is -2.30. The van der Waals surface area contributed by atoms with E-state index in [1.807, 2.05) is 65.6 Å². The molecule has 2 saturated heterocycles. The summed E-state index contributed by atoms with van der Waals surface area (Å²) in [6, 6.07) is 16.8. The van der Waals surface area contributed by atoms with Gasteiger partial charge >= 0.3 is 5.97 Å². The van der Waals surface area contributed by atoms with Crippen LogP contribution in [0, 0.1) is 17.8 Å². The van der Waals surface area contributed by atoms with Crippen LogP contribution in [0.25, 0.3) is 22.2 Å². The van der Waals surface area contributed by atoms with Gasteiger partial charge in [0.25, 0.3) is 0 Å². The largest absolute Gasteiger partial charge is 0.497 e. The molecule has 0 radical (unpaired) electrons. The van der Waals surface area contributed by atoms with Crippen LogP contribution in [0.15, 0.2) is 66.7 Å². The van der Waals surface area contributed by atoms with Crippen molar-refractivity contribution >= 4 is 35.0 Å². The number of aldehydes is 1. The molecule has 3 aromatic rings. The van der Waals surface area contributed by atoms with Gasteiger partial charge in [0.2, 0.25) is 11.8 Å². The predicted octanol–water partition coefficient (Wildman–Crippen LogP) is 6.70. The van der Waals surface area contributed by atoms with Crippen molar-refractivity contribution in [2.75, 3.05) is 26.7 Å². The number of likely N-dealkylation sites (tertiary alicyclic amines) is 2. The second kappa shape index (κ2) is 17.0. The Balaban J connectivity index is 1.14. The van der Waals surface area contributed by atoms with Gasteiger partial charge in [-0.2, -0.15) is 0 Å². The molecular weight excluding hydrogens is 646 g/mol. The first-order valence-corrected chi connectivity index (χ1v) is 18.5. The molecular formula is C41H49N3O7. The highest BCUT2D eigenvalue weighted by Gasteiger charge is 2.41. The molecule has 3 aliphatic rings. The molecule has 10 heteroatoms. The van der Waals surface area contributed by atoms with Crippen LogP contribution >= 0.6 is 0 Å². The highest BCUT2D eigenvalue weighted by Crippen LogP contribution is 2.40. The maximum atomic E-state index is 14.2. The first kappa shape index (κ1) is 36.1. The number of allylic oxidation sites excluding steroid dienone is 2. The van der Waals surface area contributed by atoms with Gasteiger partial charge in [0, 0.05) is 54.9 Å². The van der Waals surface area contributed by atoms with Crippen molar-refractivity contribution in [3.63, 3.8) is 0 Å². The fourth-order valence-electron chi connectivity index (χ4n) is 7.47. The number of amides is 2. The molecule has 1 aromatic heterocycles. The minimum atomic E-state index is -0.726. The second-order valence-electron chi connectivity index (χ2n) is 14.2. The van der Waals surface area contributed by atoms with Crippen LogP contribution in [0.1, 0.15) is 70.6 Å². The lowest BCUT2D eigenvalue weighted by atomic mass is 9.94. The Kier molecular flexibility index (Phi) is 12.0. The fourth-order valence-corrected chi connectivity index (χ4v) is 7.47. The number of benzene rings is 2. The number of carboxylic acids is 1. The maximum Gasteiger partial charge on any atom is 0.307 e. The van der Waals surface area contributed by atoms with E-state index in [2.05, 4.69) is 6.08 Å². The monoisotopic (exact) mass is 695 g/mol. The molecule has 0 spiro atoms. The van der Waals surface area contributed by atoms with Crippen molar-refractivity contribution in [2.45, 2.75) is 82.8 Å². The Morgan fingerprint density at radius 2 is 1.80 bits per heavy atom. The number of fused-ring (bicyclic) bond motifs is 1. The minimum Gasteiger partial charge on any atom is -0.497 e. The number of aliphatic carboxylic acids is 1. The summed E-state index contributed by atoms with van der Waals surface area (Å²) in [5.41, 5.74) is 2.40. The lowest BCUT2D eigenvalue weighted by Crippen LogP contribution is -2.43. The van der Waals surface area contributed by atoms with Gasteiger partial charge in [0.1, 0.15) is 23.9 Å². The topological polar surface area (TPSA) is 126 Å². The van der Waals surface area contributed by atoms with E-state index in [4.69, 9.17) is 19.6 Å². The van der Waals surface area contributed by atoms with E-state index in [0.717, 1.165) is 81.0 Å². The van der Waals surface area contributed by atoms with Crippen molar-refractivity contribution in [1.29, 1.82) is 0 Å². The number of hydrogen-bond acceptors (Lipinski definition) is 7. The highest BCUT2D eigenvalue weighted by molar-refractivity contribution is 5.90. The van der Waals surface area contributed by atoms with Crippen LogP contribution in [0.2, 0.25) is 0 Å². The Labute approximate surface area is 299 Å². The second-order valence-corrected chi connectivity index (χ2v) is 14.2. The summed E-state index contributed by atoms with van der Waals surface area (Å²) >= 11 is 0. The number of piperidine rings is 1. The quantitative estimate of drug-likeness (QED) is 0.0997. The van der Waals surface area contributed by atoms with E-state index in [0.29, 0.717) is 36.3 Å². The molecule has 2 amide bonds. The first-order chi connectivity index (χ1) is 24.8. The molecule has 3 fully saturated rings. The molecule has 0 unspecified atom stereocenters. The molecule has 1 aliphatic carbocycles. The Morgan fingerprint density at radius 3 is 2.53 bits per heavy atom. The van der Waals surface area contributed by atoms with E-state index in [-0.39, 0.29) is 36.6 Å². The first-order valence-electron chi connectivity index (χ1n) is 18.5. The summed E-state index contributed by atoms with van der Waals surface area (Å²) in [4.78, 5) is 59.6. The van der Waals surface area contributed by atoms with E-state index in [9.17, 15) is 19.2 Å².